The molecule has 0 saturated carbocycles. The van der Waals surface area contributed by atoms with E-state index in [-0.39, 0.29) is 18.8 Å². The van der Waals surface area contributed by atoms with Crippen molar-refractivity contribution in [1.82, 2.24) is 4.90 Å². The first-order valence-corrected chi connectivity index (χ1v) is 6.99. The van der Waals surface area contributed by atoms with Gasteiger partial charge in [0, 0.05) is 19.9 Å². The number of aliphatic imine (C=N–C) groups is 2. The fourth-order valence-electron chi connectivity index (χ4n) is 2.06. The predicted molar refractivity (Wildman–Crippen MR) is 80.0 cm³/mol. The van der Waals surface area contributed by atoms with Crippen LogP contribution < -0.4 is 0 Å². The van der Waals surface area contributed by atoms with Gasteiger partial charge in [-0.1, -0.05) is 32.3 Å². The minimum atomic E-state index is -2.50. The zero-order chi connectivity index (χ0) is 17.8. The van der Waals surface area contributed by atoms with E-state index in [1.165, 1.54) is 0 Å². The van der Waals surface area contributed by atoms with E-state index in [4.69, 9.17) is 11.6 Å². The molecule has 0 N–H and O–H groups in total. The van der Waals surface area contributed by atoms with Gasteiger partial charge in [-0.3, -0.25) is 4.99 Å². The van der Waals surface area contributed by atoms with Gasteiger partial charge < -0.3 is 9.64 Å². The highest BCUT2D eigenvalue weighted by Crippen LogP contribution is 2.14. The maximum absolute atomic E-state index is 8.29. The molecular formula is C15H25N3O. The van der Waals surface area contributed by atoms with Crippen LogP contribution in [0.4, 0.5) is 0 Å². The molecule has 4 heteroatoms. The molecule has 2 aliphatic rings. The topological polar surface area (TPSA) is 37.2 Å². The van der Waals surface area contributed by atoms with E-state index in [1.807, 2.05) is 0 Å². The van der Waals surface area contributed by atoms with Crippen LogP contribution in [0.25, 0.3) is 0 Å². The summed E-state index contributed by atoms with van der Waals surface area (Å²) in [6.45, 7) is -1.64. The molecule has 0 atom stereocenters. The summed E-state index contributed by atoms with van der Waals surface area (Å²) in [5, 5.41) is 0. The Morgan fingerprint density at radius 1 is 1.42 bits per heavy atom. The first-order chi connectivity index (χ1) is 11.3. The van der Waals surface area contributed by atoms with E-state index < -0.39 is 13.5 Å². The molecule has 0 saturated heterocycles. The van der Waals surface area contributed by atoms with Crippen molar-refractivity contribution in [3.05, 3.63) is 11.6 Å². The highest BCUT2D eigenvalue weighted by molar-refractivity contribution is 6.46. The number of rotatable bonds is 6. The Hall–Kier alpha value is -1.16. The monoisotopic (exact) mass is 268 g/mol. The lowest BCUT2D eigenvalue weighted by Gasteiger charge is -2.23. The largest absolute Gasteiger partial charge is 0.476 e. The Morgan fingerprint density at radius 2 is 2.37 bits per heavy atom. The number of nitrogens with zero attached hydrogens (tertiary/aromatic N) is 3. The lowest BCUT2D eigenvalue weighted by atomic mass is 10.1. The summed E-state index contributed by atoms with van der Waals surface area (Å²) in [6, 6.07) is 0. The molecule has 0 radical (unpaired) electrons. The van der Waals surface area contributed by atoms with Crippen molar-refractivity contribution >= 4 is 11.6 Å². The highest BCUT2D eigenvalue weighted by Gasteiger charge is 2.22. The van der Waals surface area contributed by atoms with Crippen LogP contribution >= 0.6 is 0 Å². The van der Waals surface area contributed by atoms with Crippen LogP contribution in [0.5, 0.6) is 0 Å². The first-order valence-electron chi connectivity index (χ1n) is 9.49. The predicted octanol–water partition coefficient (Wildman–Crippen LogP) is 2.66. The minimum Gasteiger partial charge on any atom is -0.476 e. The number of unbranched alkanes of at least 4 members (excludes halogenated alkanes) is 3. The Bertz CT molecular complexity index is 540. The Labute approximate surface area is 123 Å². The van der Waals surface area contributed by atoms with E-state index in [0.29, 0.717) is 24.6 Å². The van der Waals surface area contributed by atoms with Crippen molar-refractivity contribution in [2.45, 2.75) is 39.0 Å². The second-order valence-electron chi connectivity index (χ2n) is 4.69. The maximum Gasteiger partial charge on any atom is 0.237 e. The van der Waals surface area contributed by atoms with Crippen LogP contribution in [-0.4, -0.2) is 49.8 Å². The summed E-state index contributed by atoms with van der Waals surface area (Å²) < 4.78 is 44.9. The molecule has 0 spiro atoms. The summed E-state index contributed by atoms with van der Waals surface area (Å²) in [5.74, 6) is 0.328. The van der Waals surface area contributed by atoms with Crippen molar-refractivity contribution < 1.29 is 11.6 Å². The fraction of sp³-hybridized carbons (Fsp3) is 0.733. The van der Waals surface area contributed by atoms with Gasteiger partial charge in [0.25, 0.3) is 0 Å². The molecule has 0 aliphatic carbocycles. The van der Waals surface area contributed by atoms with Crippen molar-refractivity contribution in [3.63, 3.8) is 0 Å². The van der Waals surface area contributed by atoms with Crippen LogP contribution in [0.3, 0.4) is 0 Å². The van der Waals surface area contributed by atoms with E-state index >= 15 is 0 Å². The van der Waals surface area contributed by atoms with E-state index in [0.717, 1.165) is 30.6 Å². The molecule has 0 fully saturated rings. The molecule has 0 aromatic rings. The van der Waals surface area contributed by atoms with Crippen molar-refractivity contribution in [3.8, 4) is 0 Å². The van der Waals surface area contributed by atoms with Gasteiger partial charge in [0.1, 0.15) is 12.4 Å². The molecule has 2 aliphatic heterocycles. The molecular weight excluding hydrogens is 238 g/mol. The van der Waals surface area contributed by atoms with Crippen molar-refractivity contribution in [2.24, 2.45) is 9.98 Å². The van der Waals surface area contributed by atoms with Crippen molar-refractivity contribution in [2.75, 3.05) is 33.3 Å². The summed E-state index contributed by atoms with van der Waals surface area (Å²) in [5.41, 5.74) is 0.596. The zero-order valence-corrected chi connectivity index (χ0v) is 11.5. The van der Waals surface area contributed by atoms with Gasteiger partial charge in [0.05, 0.1) is 6.61 Å². The molecule has 2 heterocycles. The summed E-state index contributed by atoms with van der Waals surface area (Å²) in [6.07, 6.45) is 6.45. The minimum absolute atomic E-state index is 0.143. The molecule has 0 aromatic carbocycles. The molecule has 0 amide bonds. The zero-order valence-electron chi connectivity index (χ0n) is 16.5. The third-order valence-corrected chi connectivity index (χ3v) is 3.09. The second kappa shape index (κ2) is 7.43. The fourth-order valence-corrected chi connectivity index (χ4v) is 2.06. The van der Waals surface area contributed by atoms with Crippen LogP contribution in [-0.2, 0) is 4.74 Å². The molecule has 0 bridgehead atoms. The SMILES string of the molecule is [2H]C([2H])([2H])N1CCC=C(C2=NCN=C2OCCCCCC)C1([2H])[2H]. The lowest BCUT2D eigenvalue weighted by Crippen LogP contribution is -2.31. The highest BCUT2D eigenvalue weighted by atomic mass is 16.5. The third kappa shape index (κ3) is 4.16. The molecule has 0 unspecified atom stereocenters. The van der Waals surface area contributed by atoms with Crippen molar-refractivity contribution in [1.29, 1.82) is 0 Å². The molecule has 4 nitrogen and oxygen atoms in total. The summed E-state index contributed by atoms with van der Waals surface area (Å²) >= 11 is 0. The smallest absolute Gasteiger partial charge is 0.237 e. The lowest BCUT2D eigenvalue weighted by molar-refractivity contribution is 0.298. The molecule has 2 rings (SSSR count). The van der Waals surface area contributed by atoms with Gasteiger partial charge in [-0.2, -0.15) is 0 Å². The van der Waals surface area contributed by atoms with Gasteiger partial charge in [-0.05, 0) is 25.4 Å². The molecule has 106 valence electrons. The normalized spacial score (nSPS) is 27.2. The summed E-state index contributed by atoms with van der Waals surface area (Å²) in [4.78, 5) is 9.32. The van der Waals surface area contributed by atoms with Gasteiger partial charge in [-0.15, -0.1) is 0 Å². The van der Waals surface area contributed by atoms with Gasteiger partial charge in [-0.25, -0.2) is 4.99 Å². The van der Waals surface area contributed by atoms with Crippen LogP contribution in [0.2, 0.25) is 0 Å². The Morgan fingerprint density at radius 3 is 3.21 bits per heavy atom. The average molecular weight is 268 g/mol. The second-order valence-corrected chi connectivity index (χ2v) is 4.69. The third-order valence-electron chi connectivity index (χ3n) is 3.09. The van der Waals surface area contributed by atoms with Crippen LogP contribution in [0.1, 0.15) is 45.9 Å². The Balaban J connectivity index is 2.07. The maximum atomic E-state index is 8.29. The quantitative estimate of drug-likeness (QED) is 0.694. The number of ether oxygens (including phenoxy) is 1. The Kier molecular flexibility index (Phi) is 3.48. The van der Waals surface area contributed by atoms with Crippen LogP contribution in [0.15, 0.2) is 21.6 Å². The number of hydrogen-bond acceptors (Lipinski definition) is 4. The molecule has 19 heavy (non-hydrogen) atoms. The van der Waals surface area contributed by atoms with E-state index in [1.54, 1.807) is 6.08 Å². The van der Waals surface area contributed by atoms with Crippen LogP contribution in [0, 0.1) is 0 Å². The number of hydrogen-bond donors (Lipinski definition) is 0. The average Bonchev–Trinajstić information content (AvgIpc) is 2.93. The summed E-state index contributed by atoms with van der Waals surface area (Å²) in [7, 11) is 0. The van der Waals surface area contributed by atoms with Gasteiger partial charge in [0.2, 0.25) is 5.90 Å². The van der Waals surface area contributed by atoms with Gasteiger partial charge in [0.15, 0.2) is 0 Å². The van der Waals surface area contributed by atoms with Gasteiger partial charge >= 0.3 is 0 Å². The standard InChI is InChI=1S/C15H25N3O/c1-3-4-5-6-10-19-15-14(16-12-17-15)13-8-7-9-18(2)11-13/h8H,3-7,9-12H2,1-2H3/i2D3,11D2. The first kappa shape index (κ1) is 8.90. The van der Waals surface area contributed by atoms with E-state index in [9.17, 15) is 0 Å². The molecule has 0 aromatic heterocycles. The van der Waals surface area contributed by atoms with E-state index in [2.05, 4.69) is 16.9 Å². The number of likely N-dealkylation sites (N-methyl/N-ethyl adjacent to an activating group) is 1.